The Hall–Kier alpha value is -2.36. The molecule has 1 aromatic rings. The molecule has 1 rings (SSSR count). The van der Waals surface area contributed by atoms with Gasteiger partial charge in [0.15, 0.2) is 0 Å². The van der Waals surface area contributed by atoms with E-state index in [1.165, 1.54) is 12.3 Å². The summed E-state index contributed by atoms with van der Waals surface area (Å²) >= 11 is 0. The van der Waals surface area contributed by atoms with E-state index in [9.17, 15) is 4.79 Å². The molecule has 1 amide bonds. The smallest absolute Gasteiger partial charge is 0.267 e. The zero-order chi connectivity index (χ0) is 12.0. The second-order valence-corrected chi connectivity index (χ2v) is 2.90. The van der Waals surface area contributed by atoms with Gasteiger partial charge in [-0.2, -0.15) is 0 Å². The molecule has 0 fully saturated rings. The zero-order valence-electron chi connectivity index (χ0n) is 8.72. The lowest BCUT2D eigenvalue weighted by atomic mass is 10.3. The molecule has 2 N–H and O–H groups in total. The highest BCUT2D eigenvalue weighted by molar-refractivity contribution is 5.91. The van der Waals surface area contributed by atoms with Crippen molar-refractivity contribution in [2.45, 2.75) is 0 Å². The maximum Gasteiger partial charge on any atom is 0.267 e. The van der Waals surface area contributed by atoms with E-state index in [2.05, 4.69) is 18.1 Å². The number of pyridine rings is 1. The van der Waals surface area contributed by atoms with Crippen LogP contribution in [0.1, 0.15) is 10.5 Å². The van der Waals surface area contributed by atoms with Crippen LogP contribution in [0.2, 0.25) is 0 Å². The molecule has 1 aromatic heterocycles. The van der Waals surface area contributed by atoms with Crippen LogP contribution in [0.15, 0.2) is 55.5 Å². The lowest BCUT2D eigenvalue weighted by Crippen LogP contribution is -2.12. The summed E-state index contributed by atoms with van der Waals surface area (Å²) in [6.07, 6.45) is 6.39. The van der Waals surface area contributed by atoms with E-state index in [-0.39, 0.29) is 5.69 Å². The molecule has 0 radical (unpaired) electrons. The summed E-state index contributed by atoms with van der Waals surface area (Å²) in [5, 5.41) is 0. The minimum Gasteiger partial charge on any atom is -0.458 e. The summed E-state index contributed by atoms with van der Waals surface area (Å²) in [7, 11) is 0. The third-order valence-electron chi connectivity index (χ3n) is 1.65. The number of nitrogens with two attached hydrogens (primary N) is 1. The van der Waals surface area contributed by atoms with Crippen molar-refractivity contribution < 1.29 is 9.53 Å². The molecule has 0 spiro atoms. The number of carbonyl (C=O) groups is 1. The first-order valence-electron chi connectivity index (χ1n) is 4.55. The van der Waals surface area contributed by atoms with Gasteiger partial charge in [-0.05, 0) is 12.1 Å². The van der Waals surface area contributed by atoms with E-state index in [4.69, 9.17) is 10.5 Å². The van der Waals surface area contributed by atoms with E-state index in [1.807, 2.05) is 0 Å². The third kappa shape index (κ3) is 3.42. The number of ether oxygens (including phenoxy) is 1. The molecular weight excluding hydrogens is 204 g/mol. The summed E-state index contributed by atoms with van der Waals surface area (Å²) in [4.78, 5) is 14.7. The zero-order valence-corrected chi connectivity index (χ0v) is 8.72. The molecule has 4 heteroatoms. The van der Waals surface area contributed by atoms with Crippen molar-refractivity contribution in [3.05, 3.63) is 61.2 Å². The van der Waals surface area contributed by atoms with Crippen LogP contribution in [0.5, 0.6) is 5.75 Å². The number of amides is 1. The van der Waals surface area contributed by atoms with E-state index >= 15 is 0 Å². The predicted molar refractivity (Wildman–Crippen MR) is 61.9 cm³/mol. The lowest BCUT2D eigenvalue weighted by Gasteiger charge is -2.05. The van der Waals surface area contributed by atoms with Crippen molar-refractivity contribution in [3.8, 4) is 5.75 Å². The van der Waals surface area contributed by atoms with E-state index in [1.54, 1.807) is 24.3 Å². The number of nitrogens with zero attached hydrogens (tertiary/aromatic N) is 1. The molecule has 0 unspecified atom stereocenters. The molecule has 4 nitrogen and oxygen atoms in total. The van der Waals surface area contributed by atoms with Crippen LogP contribution in [0.4, 0.5) is 0 Å². The van der Waals surface area contributed by atoms with E-state index < -0.39 is 5.91 Å². The molecule has 82 valence electrons. The van der Waals surface area contributed by atoms with Crippen LogP contribution < -0.4 is 10.5 Å². The van der Waals surface area contributed by atoms with Gasteiger partial charge in [-0.25, -0.2) is 0 Å². The molecule has 0 aliphatic carbocycles. The molecule has 16 heavy (non-hydrogen) atoms. The van der Waals surface area contributed by atoms with Gasteiger partial charge in [-0.15, -0.1) is 0 Å². The Morgan fingerprint density at radius 3 is 2.94 bits per heavy atom. The van der Waals surface area contributed by atoms with Crippen LogP contribution in [-0.4, -0.2) is 10.9 Å². The van der Waals surface area contributed by atoms with E-state index in [0.717, 1.165) is 0 Å². The molecule has 0 saturated carbocycles. The number of allylic oxidation sites excluding steroid dienone is 3. The Kier molecular flexibility index (Phi) is 4.03. The van der Waals surface area contributed by atoms with Gasteiger partial charge in [0, 0.05) is 12.3 Å². The molecule has 0 atom stereocenters. The normalized spacial score (nSPS) is 10.0. The fourth-order valence-electron chi connectivity index (χ4n) is 0.970. The Morgan fingerprint density at radius 2 is 2.31 bits per heavy atom. The topological polar surface area (TPSA) is 65.2 Å². The minimum atomic E-state index is -0.599. The monoisotopic (exact) mass is 216 g/mol. The fraction of sp³-hybridized carbons (Fsp3) is 0. The Labute approximate surface area is 93.8 Å². The van der Waals surface area contributed by atoms with Gasteiger partial charge < -0.3 is 10.5 Å². The van der Waals surface area contributed by atoms with E-state index in [0.29, 0.717) is 11.5 Å². The van der Waals surface area contributed by atoms with Crippen LogP contribution in [0.3, 0.4) is 0 Å². The number of carbonyl (C=O) groups excluding carboxylic acids is 1. The Morgan fingerprint density at radius 1 is 1.56 bits per heavy atom. The molecular formula is C12H12N2O2. The van der Waals surface area contributed by atoms with Crippen molar-refractivity contribution in [1.29, 1.82) is 0 Å². The summed E-state index contributed by atoms with van der Waals surface area (Å²) in [5.41, 5.74) is 5.24. The number of hydrogen-bond donors (Lipinski definition) is 1. The van der Waals surface area contributed by atoms with Crippen LogP contribution >= 0.6 is 0 Å². The summed E-state index contributed by atoms with van der Waals surface area (Å²) < 4.78 is 5.33. The maximum atomic E-state index is 10.9. The van der Waals surface area contributed by atoms with Gasteiger partial charge in [0.1, 0.15) is 17.2 Å². The first-order chi connectivity index (χ1) is 7.63. The van der Waals surface area contributed by atoms with Crippen molar-refractivity contribution in [2.24, 2.45) is 5.73 Å². The van der Waals surface area contributed by atoms with Gasteiger partial charge in [0.2, 0.25) is 0 Å². The summed E-state index contributed by atoms with van der Waals surface area (Å²) in [6, 6.07) is 3.06. The summed E-state index contributed by atoms with van der Waals surface area (Å²) in [6.45, 7) is 7.19. The van der Waals surface area contributed by atoms with Crippen LogP contribution in [0, 0.1) is 0 Å². The standard InChI is InChI=1S/C12H12N2O2/c1-3-4-5-9(2)16-10-6-7-14-11(8-10)12(13)15/h3-8H,1-2H2,(H2,13,15)/b5-4-. The minimum absolute atomic E-state index is 0.151. The number of rotatable bonds is 5. The second kappa shape index (κ2) is 5.50. The Balaban J connectivity index is 2.78. The van der Waals surface area contributed by atoms with Gasteiger partial charge in [0.25, 0.3) is 5.91 Å². The third-order valence-corrected chi connectivity index (χ3v) is 1.65. The molecule has 0 saturated heterocycles. The van der Waals surface area contributed by atoms with Gasteiger partial charge in [-0.3, -0.25) is 9.78 Å². The van der Waals surface area contributed by atoms with Crippen molar-refractivity contribution in [2.75, 3.05) is 0 Å². The number of aromatic nitrogens is 1. The molecule has 0 aliphatic rings. The van der Waals surface area contributed by atoms with Crippen molar-refractivity contribution in [3.63, 3.8) is 0 Å². The van der Waals surface area contributed by atoms with Crippen LogP contribution in [0.25, 0.3) is 0 Å². The second-order valence-electron chi connectivity index (χ2n) is 2.90. The molecule has 1 heterocycles. The first kappa shape index (κ1) is 11.7. The van der Waals surface area contributed by atoms with Crippen LogP contribution in [-0.2, 0) is 0 Å². The van der Waals surface area contributed by atoms with Gasteiger partial charge in [-0.1, -0.05) is 25.3 Å². The lowest BCUT2D eigenvalue weighted by molar-refractivity contribution is 0.0995. The quantitative estimate of drug-likeness (QED) is 0.603. The average molecular weight is 216 g/mol. The molecule has 0 aliphatic heterocycles. The maximum absolute atomic E-state index is 10.9. The highest BCUT2D eigenvalue weighted by Crippen LogP contribution is 2.13. The largest absolute Gasteiger partial charge is 0.458 e. The highest BCUT2D eigenvalue weighted by Gasteiger charge is 2.03. The first-order valence-corrected chi connectivity index (χ1v) is 4.55. The highest BCUT2D eigenvalue weighted by atomic mass is 16.5. The summed E-state index contributed by atoms with van der Waals surface area (Å²) in [5.74, 6) is 0.293. The van der Waals surface area contributed by atoms with Crippen molar-refractivity contribution >= 4 is 5.91 Å². The van der Waals surface area contributed by atoms with Crippen molar-refractivity contribution in [1.82, 2.24) is 4.98 Å². The predicted octanol–water partition coefficient (Wildman–Crippen LogP) is 1.82. The SMILES string of the molecule is C=C/C=C\C(=C)Oc1ccnc(C(N)=O)c1. The fourth-order valence-corrected chi connectivity index (χ4v) is 0.970. The average Bonchev–Trinajstić information content (AvgIpc) is 2.26. The molecule has 0 bridgehead atoms. The number of hydrogen-bond acceptors (Lipinski definition) is 3. The van der Waals surface area contributed by atoms with Gasteiger partial charge >= 0.3 is 0 Å². The molecule has 0 aromatic carbocycles. The Bertz CT molecular complexity index is 450. The van der Waals surface area contributed by atoms with Gasteiger partial charge in [0.05, 0.1) is 0 Å². The number of primary amides is 1.